The highest BCUT2D eigenvalue weighted by Crippen LogP contribution is 2.15. The number of amides is 1. The Kier molecular flexibility index (Phi) is 6.99. The molecule has 5 nitrogen and oxygen atoms in total. The van der Waals surface area contributed by atoms with Crippen LogP contribution in [0.5, 0.6) is 5.75 Å². The number of hydrogen-bond acceptors (Lipinski definition) is 4. The molecule has 0 spiro atoms. The lowest BCUT2D eigenvalue weighted by Crippen LogP contribution is -2.50. The molecule has 1 heterocycles. The first-order chi connectivity index (χ1) is 14.0. The minimum Gasteiger partial charge on any atom is -0.494 e. The van der Waals surface area contributed by atoms with Gasteiger partial charge in [0.05, 0.1) is 19.6 Å². The number of nitrogens with zero attached hydrogens (tertiary/aromatic N) is 2. The van der Waals surface area contributed by atoms with Crippen LogP contribution in [0.3, 0.4) is 0 Å². The molecule has 1 fully saturated rings. The van der Waals surface area contributed by atoms with Crippen molar-refractivity contribution in [1.82, 2.24) is 9.80 Å². The Morgan fingerprint density at radius 3 is 2.34 bits per heavy atom. The first-order valence-electron chi connectivity index (χ1n) is 9.97. The van der Waals surface area contributed by atoms with E-state index in [0.717, 1.165) is 11.3 Å². The number of hydrogen-bond donors (Lipinski definition) is 0. The zero-order valence-electron chi connectivity index (χ0n) is 17.0. The van der Waals surface area contributed by atoms with Gasteiger partial charge in [-0.25, -0.2) is 4.39 Å². The lowest BCUT2D eigenvalue weighted by atomic mass is 10.1. The normalized spacial score (nSPS) is 14.7. The van der Waals surface area contributed by atoms with Crippen molar-refractivity contribution in [3.8, 4) is 5.75 Å². The summed E-state index contributed by atoms with van der Waals surface area (Å²) in [7, 11) is 0. The van der Waals surface area contributed by atoms with E-state index in [0.29, 0.717) is 50.3 Å². The van der Waals surface area contributed by atoms with E-state index in [1.54, 1.807) is 13.0 Å². The zero-order valence-corrected chi connectivity index (χ0v) is 17.0. The summed E-state index contributed by atoms with van der Waals surface area (Å²) < 4.78 is 18.8. The van der Waals surface area contributed by atoms with Gasteiger partial charge in [-0.15, -0.1) is 0 Å². The zero-order chi connectivity index (χ0) is 20.8. The first-order valence-corrected chi connectivity index (χ1v) is 9.97. The highest BCUT2D eigenvalue weighted by molar-refractivity contribution is 5.97. The Labute approximate surface area is 171 Å². The van der Waals surface area contributed by atoms with Gasteiger partial charge in [0.1, 0.15) is 11.6 Å². The molecule has 154 valence electrons. The van der Waals surface area contributed by atoms with Gasteiger partial charge in [-0.3, -0.25) is 14.5 Å². The maximum absolute atomic E-state index is 13.4. The second kappa shape index (κ2) is 9.65. The summed E-state index contributed by atoms with van der Waals surface area (Å²) in [6.45, 7) is 7.00. The molecule has 1 aliphatic rings. The molecule has 1 amide bonds. The summed E-state index contributed by atoms with van der Waals surface area (Å²) in [6, 6.07) is 12.1. The Hall–Kier alpha value is -2.73. The van der Waals surface area contributed by atoms with Crippen LogP contribution in [0.25, 0.3) is 0 Å². The Morgan fingerprint density at radius 2 is 1.72 bits per heavy atom. The van der Waals surface area contributed by atoms with E-state index in [4.69, 9.17) is 4.74 Å². The summed E-state index contributed by atoms with van der Waals surface area (Å²) in [4.78, 5) is 28.9. The fourth-order valence-corrected chi connectivity index (χ4v) is 3.42. The van der Waals surface area contributed by atoms with Crippen molar-refractivity contribution >= 4 is 11.7 Å². The lowest BCUT2D eigenvalue weighted by molar-refractivity contribution is -0.132. The maximum Gasteiger partial charge on any atom is 0.227 e. The topological polar surface area (TPSA) is 49.9 Å². The molecule has 2 aromatic rings. The standard InChI is InChI=1S/C23H27FN2O3/c1-3-29-20-7-4-18(5-8-20)15-23(28)26-12-10-25(11-13-26)16-22(27)19-6-9-21(24)17(2)14-19/h4-9,14H,3,10-13,15-16H2,1-2H3. The Morgan fingerprint density at radius 1 is 1.03 bits per heavy atom. The van der Waals surface area contributed by atoms with E-state index in [1.165, 1.54) is 12.1 Å². The first kappa shape index (κ1) is 21.0. The predicted octanol–water partition coefficient (Wildman–Crippen LogP) is 3.10. The van der Waals surface area contributed by atoms with Gasteiger partial charge >= 0.3 is 0 Å². The molecule has 0 saturated carbocycles. The van der Waals surface area contributed by atoms with Crippen LogP contribution in [0.15, 0.2) is 42.5 Å². The fourth-order valence-electron chi connectivity index (χ4n) is 3.42. The summed E-state index contributed by atoms with van der Waals surface area (Å²) in [5.41, 5.74) is 1.96. The number of benzene rings is 2. The van der Waals surface area contributed by atoms with Crippen molar-refractivity contribution in [1.29, 1.82) is 0 Å². The molecule has 0 aromatic heterocycles. The SMILES string of the molecule is CCOc1ccc(CC(=O)N2CCN(CC(=O)c3ccc(F)c(C)c3)CC2)cc1. The number of ketones is 1. The van der Waals surface area contributed by atoms with E-state index in [9.17, 15) is 14.0 Å². The number of aryl methyl sites for hydroxylation is 1. The second-order valence-corrected chi connectivity index (χ2v) is 7.30. The average Bonchev–Trinajstić information content (AvgIpc) is 2.72. The van der Waals surface area contributed by atoms with Crippen LogP contribution in [0.2, 0.25) is 0 Å². The number of rotatable bonds is 7. The van der Waals surface area contributed by atoms with Crippen molar-refractivity contribution in [3.05, 3.63) is 65.0 Å². The minimum absolute atomic E-state index is 0.0257. The molecule has 3 rings (SSSR count). The summed E-state index contributed by atoms with van der Waals surface area (Å²) >= 11 is 0. The van der Waals surface area contributed by atoms with Crippen molar-refractivity contribution in [2.45, 2.75) is 20.3 Å². The van der Waals surface area contributed by atoms with Gasteiger partial charge < -0.3 is 9.64 Å². The molecule has 0 bridgehead atoms. The van der Waals surface area contributed by atoms with Crippen LogP contribution in [0, 0.1) is 12.7 Å². The summed E-state index contributed by atoms with van der Waals surface area (Å²) in [5.74, 6) is 0.566. The molecule has 1 saturated heterocycles. The number of carbonyl (C=O) groups excluding carboxylic acids is 2. The van der Waals surface area contributed by atoms with Gasteiger partial charge in [-0.1, -0.05) is 12.1 Å². The third kappa shape index (κ3) is 5.64. The van der Waals surface area contributed by atoms with E-state index in [-0.39, 0.29) is 24.1 Å². The molecular formula is C23H27FN2O3. The quantitative estimate of drug-likeness (QED) is 0.673. The predicted molar refractivity (Wildman–Crippen MR) is 110 cm³/mol. The number of piperazine rings is 1. The molecule has 0 atom stereocenters. The smallest absolute Gasteiger partial charge is 0.227 e. The van der Waals surface area contributed by atoms with Crippen molar-refractivity contribution in [2.24, 2.45) is 0 Å². The van der Waals surface area contributed by atoms with E-state index >= 15 is 0 Å². The van der Waals surface area contributed by atoms with Gasteiger partial charge in [0, 0.05) is 31.7 Å². The largest absolute Gasteiger partial charge is 0.494 e. The molecule has 0 unspecified atom stereocenters. The molecule has 29 heavy (non-hydrogen) atoms. The van der Waals surface area contributed by atoms with E-state index in [2.05, 4.69) is 0 Å². The van der Waals surface area contributed by atoms with Crippen molar-refractivity contribution < 1.29 is 18.7 Å². The molecule has 0 aliphatic carbocycles. The highest BCUT2D eigenvalue weighted by atomic mass is 19.1. The van der Waals surface area contributed by atoms with Gasteiger partial charge in [0.2, 0.25) is 5.91 Å². The molecule has 1 aliphatic heterocycles. The number of Topliss-reactive ketones (excluding diaryl/α,β-unsaturated/α-hetero) is 1. The third-order valence-electron chi connectivity index (χ3n) is 5.16. The van der Waals surface area contributed by atoms with Crippen LogP contribution in [-0.4, -0.2) is 60.8 Å². The van der Waals surface area contributed by atoms with Gasteiger partial charge in [-0.2, -0.15) is 0 Å². The van der Waals surface area contributed by atoms with Crippen LogP contribution < -0.4 is 4.74 Å². The molecule has 6 heteroatoms. The molecule has 0 N–H and O–H groups in total. The van der Waals surface area contributed by atoms with Gasteiger partial charge in [0.25, 0.3) is 0 Å². The summed E-state index contributed by atoms with van der Waals surface area (Å²) in [6.07, 6.45) is 0.361. The summed E-state index contributed by atoms with van der Waals surface area (Å²) in [5, 5.41) is 0. The number of halogens is 1. The molecule has 2 aromatic carbocycles. The van der Waals surface area contributed by atoms with Gasteiger partial charge in [0.15, 0.2) is 5.78 Å². The van der Waals surface area contributed by atoms with Crippen molar-refractivity contribution in [3.63, 3.8) is 0 Å². The Bertz CT molecular complexity index is 859. The van der Waals surface area contributed by atoms with Crippen LogP contribution in [0.4, 0.5) is 4.39 Å². The highest BCUT2D eigenvalue weighted by Gasteiger charge is 2.23. The van der Waals surface area contributed by atoms with Crippen LogP contribution in [-0.2, 0) is 11.2 Å². The maximum atomic E-state index is 13.4. The lowest BCUT2D eigenvalue weighted by Gasteiger charge is -2.34. The average molecular weight is 398 g/mol. The van der Waals surface area contributed by atoms with Crippen molar-refractivity contribution in [2.75, 3.05) is 39.3 Å². The van der Waals surface area contributed by atoms with E-state index < -0.39 is 0 Å². The Balaban J connectivity index is 1.47. The molecular weight excluding hydrogens is 371 g/mol. The van der Waals surface area contributed by atoms with Gasteiger partial charge in [-0.05, 0) is 55.3 Å². The minimum atomic E-state index is -0.304. The fraction of sp³-hybridized carbons (Fsp3) is 0.391. The second-order valence-electron chi connectivity index (χ2n) is 7.30. The molecule has 0 radical (unpaired) electrons. The third-order valence-corrected chi connectivity index (χ3v) is 5.16. The number of carbonyl (C=O) groups is 2. The van der Waals surface area contributed by atoms with Crippen LogP contribution in [0.1, 0.15) is 28.4 Å². The van der Waals surface area contributed by atoms with Crippen LogP contribution >= 0.6 is 0 Å². The van der Waals surface area contributed by atoms with E-state index in [1.807, 2.05) is 41.0 Å². The number of ether oxygens (including phenoxy) is 1. The monoisotopic (exact) mass is 398 g/mol.